The first-order valence-electron chi connectivity index (χ1n) is 3.20. The Morgan fingerprint density at radius 3 is 2.30 bits per heavy atom. The van der Waals surface area contributed by atoms with Crippen molar-refractivity contribution < 1.29 is 0 Å². The maximum absolute atomic E-state index is 5.68. The summed E-state index contributed by atoms with van der Waals surface area (Å²) in [5.41, 5.74) is 0.927. The quantitative estimate of drug-likeness (QED) is 0.626. The van der Waals surface area contributed by atoms with Gasteiger partial charge in [-0.25, -0.2) is 4.68 Å². The van der Waals surface area contributed by atoms with E-state index < -0.39 is 0 Å². The highest BCUT2D eigenvalue weighted by molar-refractivity contribution is 6.29. The summed E-state index contributed by atoms with van der Waals surface area (Å²) in [6.45, 7) is 5.98. The van der Waals surface area contributed by atoms with Crippen LogP contribution in [0, 0.1) is 6.92 Å². The Hall–Kier alpha value is -0.570. The molecular weight excluding hydrogens is 150 g/mol. The van der Waals surface area contributed by atoms with Crippen LogP contribution in [0.4, 0.5) is 0 Å². The topological polar surface area (TPSA) is 30.7 Å². The van der Waals surface area contributed by atoms with Gasteiger partial charge >= 0.3 is 0 Å². The SMILES string of the molecule is Cc1c(Cl)nnn1C(C)C. The highest BCUT2D eigenvalue weighted by Gasteiger charge is 2.07. The lowest BCUT2D eigenvalue weighted by atomic mass is 10.4. The average molecular weight is 160 g/mol. The summed E-state index contributed by atoms with van der Waals surface area (Å²) in [5.74, 6) is 0. The number of aromatic nitrogens is 3. The van der Waals surface area contributed by atoms with Crippen LogP contribution in [0.25, 0.3) is 0 Å². The third-order valence-electron chi connectivity index (χ3n) is 1.36. The number of halogens is 1. The fourth-order valence-corrected chi connectivity index (χ4v) is 0.932. The molecule has 0 bridgehead atoms. The van der Waals surface area contributed by atoms with Gasteiger partial charge in [-0.2, -0.15) is 0 Å². The van der Waals surface area contributed by atoms with Crippen LogP contribution in [-0.4, -0.2) is 15.0 Å². The Balaban J connectivity index is 3.05. The molecule has 0 aliphatic carbocycles. The van der Waals surface area contributed by atoms with Crippen LogP contribution < -0.4 is 0 Å². The Morgan fingerprint density at radius 1 is 1.50 bits per heavy atom. The summed E-state index contributed by atoms with van der Waals surface area (Å²) in [4.78, 5) is 0. The zero-order chi connectivity index (χ0) is 7.72. The van der Waals surface area contributed by atoms with Crippen LogP contribution >= 0.6 is 11.6 Å². The predicted octanol–water partition coefficient (Wildman–Crippen LogP) is 1.82. The van der Waals surface area contributed by atoms with E-state index >= 15 is 0 Å². The van der Waals surface area contributed by atoms with Gasteiger partial charge in [-0.3, -0.25) is 0 Å². The first-order chi connectivity index (χ1) is 4.63. The van der Waals surface area contributed by atoms with Crippen molar-refractivity contribution in [2.24, 2.45) is 0 Å². The Bertz CT molecular complexity index is 229. The van der Waals surface area contributed by atoms with Gasteiger partial charge < -0.3 is 0 Å². The number of rotatable bonds is 1. The molecule has 1 aromatic heterocycles. The van der Waals surface area contributed by atoms with Crippen LogP contribution in [0.2, 0.25) is 5.15 Å². The molecule has 1 aromatic rings. The largest absolute Gasteiger partial charge is 0.246 e. The highest BCUT2D eigenvalue weighted by Crippen LogP contribution is 2.13. The van der Waals surface area contributed by atoms with Crippen molar-refractivity contribution in [1.29, 1.82) is 0 Å². The first kappa shape index (κ1) is 7.54. The molecule has 3 nitrogen and oxygen atoms in total. The Labute approximate surface area is 65.0 Å². The molecule has 0 fully saturated rings. The van der Waals surface area contributed by atoms with Crippen molar-refractivity contribution in [3.05, 3.63) is 10.8 Å². The second-order valence-corrected chi connectivity index (χ2v) is 2.86. The van der Waals surface area contributed by atoms with E-state index in [0.717, 1.165) is 5.69 Å². The molecule has 0 N–H and O–H groups in total. The zero-order valence-corrected chi connectivity index (χ0v) is 7.05. The van der Waals surface area contributed by atoms with Crippen molar-refractivity contribution in [3.8, 4) is 0 Å². The maximum Gasteiger partial charge on any atom is 0.174 e. The molecule has 0 aliphatic heterocycles. The molecule has 0 spiro atoms. The molecule has 0 unspecified atom stereocenters. The Kier molecular flexibility index (Phi) is 1.94. The lowest BCUT2D eigenvalue weighted by Crippen LogP contribution is -2.04. The summed E-state index contributed by atoms with van der Waals surface area (Å²) in [5, 5.41) is 8.06. The van der Waals surface area contributed by atoms with E-state index in [1.165, 1.54) is 0 Å². The van der Waals surface area contributed by atoms with Crippen LogP contribution in [0.1, 0.15) is 25.6 Å². The van der Waals surface area contributed by atoms with Crippen molar-refractivity contribution in [2.45, 2.75) is 26.8 Å². The number of hydrogen-bond donors (Lipinski definition) is 0. The van der Waals surface area contributed by atoms with Crippen LogP contribution in [0.5, 0.6) is 0 Å². The molecule has 0 aromatic carbocycles. The lowest BCUT2D eigenvalue weighted by molar-refractivity contribution is 0.502. The van der Waals surface area contributed by atoms with Crippen molar-refractivity contribution in [2.75, 3.05) is 0 Å². The van der Waals surface area contributed by atoms with Gasteiger partial charge in [-0.05, 0) is 20.8 Å². The van der Waals surface area contributed by atoms with E-state index in [4.69, 9.17) is 11.6 Å². The summed E-state index contributed by atoms with van der Waals surface area (Å²) >= 11 is 5.68. The van der Waals surface area contributed by atoms with Gasteiger partial charge in [0.1, 0.15) is 0 Å². The summed E-state index contributed by atoms with van der Waals surface area (Å²) in [7, 11) is 0. The van der Waals surface area contributed by atoms with E-state index in [1.807, 2.05) is 20.8 Å². The summed E-state index contributed by atoms with van der Waals surface area (Å²) < 4.78 is 1.79. The van der Waals surface area contributed by atoms with Crippen molar-refractivity contribution >= 4 is 11.6 Å². The minimum Gasteiger partial charge on any atom is -0.246 e. The van der Waals surface area contributed by atoms with Gasteiger partial charge in [0.15, 0.2) is 5.15 Å². The van der Waals surface area contributed by atoms with E-state index in [-0.39, 0.29) is 0 Å². The lowest BCUT2D eigenvalue weighted by Gasteiger charge is -2.04. The molecule has 0 saturated carbocycles. The molecular formula is C6H10ClN3. The van der Waals surface area contributed by atoms with Gasteiger partial charge in [0.2, 0.25) is 0 Å². The standard InChI is InChI=1S/C6H10ClN3/c1-4(2)10-5(3)6(7)8-9-10/h4H,1-3H3. The van der Waals surface area contributed by atoms with E-state index in [1.54, 1.807) is 4.68 Å². The molecule has 0 amide bonds. The van der Waals surface area contributed by atoms with Crippen LogP contribution in [-0.2, 0) is 0 Å². The third kappa shape index (κ3) is 1.14. The molecule has 1 rings (SSSR count). The monoisotopic (exact) mass is 159 g/mol. The van der Waals surface area contributed by atoms with Gasteiger partial charge in [-0.1, -0.05) is 16.8 Å². The fourth-order valence-electron chi connectivity index (χ4n) is 0.812. The molecule has 0 saturated heterocycles. The minimum absolute atomic E-state index is 0.333. The van der Waals surface area contributed by atoms with E-state index in [0.29, 0.717) is 11.2 Å². The molecule has 56 valence electrons. The molecule has 0 atom stereocenters. The summed E-state index contributed by atoms with van der Waals surface area (Å²) in [6, 6.07) is 0.333. The highest BCUT2D eigenvalue weighted by atomic mass is 35.5. The molecule has 0 aliphatic rings. The first-order valence-corrected chi connectivity index (χ1v) is 3.58. The normalized spacial score (nSPS) is 10.9. The minimum atomic E-state index is 0.333. The average Bonchev–Trinajstić information content (AvgIpc) is 2.14. The molecule has 1 heterocycles. The second kappa shape index (κ2) is 2.58. The zero-order valence-electron chi connectivity index (χ0n) is 6.30. The number of nitrogens with zero attached hydrogens (tertiary/aromatic N) is 3. The molecule has 10 heavy (non-hydrogen) atoms. The van der Waals surface area contributed by atoms with E-state index in [2.05, 4.69) is 10.3 Å². The van der Waals surface area contributed by atoms with Crippen molar-refractivity contribution in [1.82, 2.24) is 15.0 Å². The van der Waals surface area contributed by atoms with Crippen LogP contribution in [0.3, 0.4) is 0 Å². The predicted molar refractivity (Wildman–Crippen MR) is 40.2 cm³/mol. The van der Waals surface area contributed by atoms with Gasteiger partial charge in [0.25, 0.3) is 0 Å². The van der Waals surface area contributed by atoms with Crippen molar-refractivity contribution in [3.63, 3.8) is 0 Å². The second-order valence-electron chi connectivity index (χ2n) is 2.50. The van der Waals surface area contributed by atoms with E-state index in [9.17, 15) is 0 Å². The summed E-state index contributed by atoms with van der Waals surface area (Å²) in [6.07, 6.45) is 0. The molecule has 4 heteroatoms. The number of hydrogen-bond acceptors (Lipinski definition) is 2. The van der Waals surface area contributed by atoms with Gasteiger partial charge in [-0.15, -0.1) is 5.10 Å². The third-order valence-corrected chi connectivity index (χ3v) is 1.71. The van der Waals surface area contributed by atoms with Gasteiger partial charge in [0.05, 0.1) is 5.69 Å². The molecule has 0 radical (unpaired) electrons. The Morgan fingerprint density at radius 2 is 2.10 bits per heavy atom. The fraction of sp³-hybridized carbons (Fsp3) is 0.667. The maximum atomic E-state index is 5.68. The van der Waals surface area contributed by atoms with Crippen LogP contribution in [0.15, 0.2) is 0 Å². The smallest absolute Gasteiger partial charge is 0.174 e. The van der Waals surface area contributed by atoms with Gasteiger partial charge in [0, 0.05) is 6.04 Å².